The number of hydrogen-bond acceptors (Lipinski definition) is 7. The zero-order chi connectivity index (χ0) is 14.2. The number of hydrogen-bond donors (Lipinski definition) is 1. The van der Waals surface area contributed by atoms with Crippen LogP contribution in [0.15, 0.2) is 33.5 Å². The van der Waals surface area contributed by atoms with Gasteiger partial charge >= 0.3 is 0 Å². The third-order valence-corrected chi connectivity index (χ3v) is 3.90. The lowest BCUT2D eigenvalue weighted by atomic mass is 10.2. The van der Waals surface area contributed by atoms with Crippen molar-refractivity contribution >= 4 is 15.9 Å². The molecule has 1 saturated heterocycles. The molecule has 3 aromatic rings. The van der Waals surface area contributed by atoms with Gasteiger partial charge in [-0.15, -0.1) is 5.10 Å². The Labute approximate surface area is 127 Å². The van der Waals surface area contributed by atoms with Crippen molar-refractivity contribution in [2.75, 3.05) is 13.1 Å². The molecule has 0 unspecified atom stereocenters. The summed E-state index contributed by atoms with van der Waals surface area (Å²) < 4.78 is 7.87. The first kappa shape index (κ1) is 12.6. The summed E-state index contributed by atoms with van der Waals surface area (Å²) in [5.41, 5.74) is 1.19. The average Bonchev–Trinajstić information content (AvgIpc) is 3.06. The van der Waals surface area contributed by atoms with Gasteiger partial charge in [-0.1, -0.05) is 10.4 Å². The van der Waals surface area contributed by atoms with E-state index >= 15 is 0 Å². The monoisotopic (exact) mass is 347 g/mol. The van der Waals surface area contributed by atoms with E-state index in [-0.39, 0.29) is 0 Å². The molecule has 4 rings (SSSR count). The first-order chi connectivity index (χ1) is 10.3. The van der Waals surface area contributed by atoms with E-state index in [0.717, 1.165) is 17.6 Å². The van der Waals surface area contributed by atoms with Crippen molar-refractivity contribution < 1.29 is 4.52 Å². The third-order valence-electron chi connectivity index (χ3n) is 3.26. The van der Waals surface area contributed by atoms with Crippen molar-refractivity contribution in [1.82, 2.24) is 35.4 Å². The number of nitrogens with zero attached hydrogens (tertiary/aromatic N) is 6. The molecular formula is C12H10BrN7O. The second kappa shape index (κ2) is 5.01. The van der Waals surface area contributed by atoms with Gasteiger partial charge in [0.25, 0.3) is 5.89 Å². The molecule has 0 radical (unpaired) electrons. The lowest BCUT2D eigenvalue weighted by Gasteiger charge is -2.26. The van der Waals surface area contributed by atoms with Crippen molar-refractivity contribution in [3.8, 4) is 23.1 Å². The summed E-state index contributed by atoms with van der Waals surface area (Å²) in [6.45, 7) is 1.80. The maximum Gasteiger partial charge on any atom is 0.280 e. The van der Waals surface area contributed by atoms with Gasteiger partial charge in [0.05, 0.1) is 12.2 Å². The smallest absolute Gasteiger partial charge is 0.280 e. The fourth-order valence-electron chi connectivity index (χ4n) is 1.99. The van der Waals surface area contributed by atoms with E-state index in [1.54, 1.807) is 6.20 Å². The Morgan fingerprint density at radius 2 is 2.29 bits per heavy atom. The first-order valence-corrected chi connectivity index (χ1v) is 7.18. The van der Waals surface area contributed by atoms with E-state index in [2.05, 4.69) is 46.7 Å². The van der Waals surface area contributed by atoms with Crippen molar-refractivity contribution in [3.63, 3.8) is 0 Å². The highest BCUT2D eigenvalue weighted by molar-refractivity contribution is 9.10. The van der Waals surface area contributed by atoms with Crippen LogP contribution in [-0.2, 0) is 0 Å². The van der Waals surface area contributed by atoms with E-state index in [0.29, 0.717) is 29.1 Å². The van der Waals surface area contributed by atoms with Gasteiger partial charge in [0.15, 0.2) is 5.69 Å². The van der Waals surface area contributed by atoms with Crippen LogP contribution >= 0.6 is 15.9 Å². The van der Waals surface area contributed by atoms with E-state index in [9.17, 15) is 0 Å². The van der Waals surface area contributed by atoms with Gasteiger partial charge in [-0.25, -0.2) is 4.68 Å². The lowest BCUT2D eigenvalue weighted by molar-refractivity contribution is 0.313. The standard InChI is InChI=1S/C12H10BrN7O/c13-8-2-1-3-15-10(8)11-16-12(21-18-11)9-6-20(19-17-9)7-4-14-5-7/h1-3,6-7,14H,4-5H2. The minimum absolute atomic E-state index is 0.334. The molecule has 0 aromatic carbocycles. The van der Waals surface area contributed by atoms with Crippen LogP contribution in [0.3, 0.4) is 0 Å². The summed E-state index contributed by atoms with van der Waals surface area (Å²) in [4.78, 5) is 8.56. The van der Waals surface area contributed by atoms with Gasteiger partial charge in [0.2, 0.25) is 5.82 Å². The summed E-state index contributed by atoms with van der Waals surface area (Å²) >= 11 is 3.42. The minimum Gasteiger partial charge on any atom is -0.332 e. The van der Waals surface area contributed by atoms with Crippen LogP contribution in [0.2, 0.25) is 0 Å². The van der Waals surface area contributed by atoms with Crippen LogP contribution in [0.4, 0.5) is 0 Å². The van der Waals surface area contributed by atoms with Crippen LogP contribution in [0.5, 0.6) is 0 Å². The quantitative estimate of drug-likeness (QED) is 0.762. The molecule has 1 aliphatic heterocycles. The minimum atomic E-state index is 0.334. The van der Waals surface area contributed by atoms with E-state index in [1.165, 1.54) is 0 Å². The summed E-state index contributed by atoms with van der Waals surface area (Å²) in [6, 6.07) is 4.05. The lowest BCUT2D eigenvalue weighted by Crippen LogP contribution is -2.43. The molecule has 106 valence electrons. The Kier molecular flexibility index (Phi) is 3.00. The van der Waals surface area contributed by atoms with Crippen molar-refractivity contribution in [2.45, 2.75) is 6.04 Å². The molecule has 3 aromatic heterocycles. The topological polar surface area (TPSA) is 94.6 Å². The van der Waals surface area contributed by atoms with E-state index in [1.807, 2.05) is 23.0 Å². The van der Waals surface area contributed by atoms with Gasteiger partial charge in [-0.2, -0.15) is 4.98 Å². The van der Waals surface area contributed by atoms with Gasteiger partial charge < -0.3 is 9.84 Å². The van der Waals surface area contributed by atoms with Gasteiger partial charge in [-0.3, -0.25) is 4.98 Å². The number of rotatable bonds is 3. The number of halogens is 1. The van der Waals surface area contributed by atoms with Gasteiger partial charge in [-0.05, 0) is 28.1 Å². The van der Waals surface area contributed by atoms with E-state index < -0.39 is 0 Å². The SMILES string of the molecule is Brc1cccnc1-c1noc(-c2cn(C3CNC3)nn2)n1. The molecule has 8 nitrogen and oxygen atoms in total. The Bertz CT molecular complexity index is 779. The Hall–Kier alpha value is -2.13. The highest BCUT2D eigenvalue weighted by Crippen LogP contribution is 2.25. The predicted molar refractivity (Wildman–Crippen MR) is 76.2 cm³/mol. The number of pyridine rings is 1. The fourth-order valence-corrected chi connectivity index (χ4v) is 2.42. The molecule has 0 amide bonds. The summed E-state index contributed by atoms with van der Waals surface area (Å²) in [5, 5.41) is 15.3. The Morgan fingerprint density at radius 3 is 3.05 bits per heavy atom. The van der Waals surface area contributed by atoms with Crippen LogP contribution in [-0.4, -0.2) is 43.2 Å². The van der Waals surface area contributed by atoms with Crippen molar-refractivity contribution in [3.05, 3.63) is 29.0 Å². The molecule has 9 heteroatoms. The maximum absolute atomic E-state index is 5.25. The highest BCUT2D eigenvalue weighted by Gasteiger charge is 2.22. The number of aromatic nitrogens is 6. The predicted octanol–water partition coefficient (Wildman–Crippen LogP) is 1.30. The largest absolute Gasteiger partial charge is 0.332 e. The van der Waals surface area contributed by atoms with Crippen LogP contribution < -0.4 is 5.32 Å². The molecule has 0 bridgehead atoms. The average molecular weight is 348 g/mol. The van der Waals surface area contributed by atoms with Crippen LogP contribution in [0, 0.1) is 0 Å². The molecule has 4 heterocycles. The Balaban J connectivity index is 1.65. The van der Waals surface area contributed by atoms with E-state index in [4.69, 9.17) is 4.52 Å². The molecule has 1 aliphatic rings. The fraction of sp³-hybridized carbons (Fsp3) is 0.250. The van der Waals surface area contributed by atoms with Crippen LogP contribution in [0.25, 0.3) is 23.1 Å². The van der Waals surface area contributed by atoms with Crippen LogP contribution in [0.1, 0.15) is 6.04 Å². The highest BCUT2D eigenvalue weighted by atomic mass is 79.9. The Morgan fingerprint density at radius 1 is 1.38 bits per heavy atom. The number of nitrogens with one attached hydrogen (secondary N) is 1. The zero-order valence-corrected chi connectivity index (χ0v) is 12.4. The maximum atomic E-state index is 5.25. The third kappa shape index (κ3) is 2.24. The molecule has 0 saturated carbocycles. The molecular weight excluding hydrogens is 338 g/mol. The van der Waals surface area contributed by atoms with Crippen molar-refractivity contribution in [2.24, 2.45) is 0 Å². The molecule has 0 spiro atoms. The molecule has 1 N–H and O–H groups in total. The zero-order valence-electron chi connectivity index (χ0n) is 10.8. The first-order valence-electron chi connectivity index (χ1n) is 6.39. The van der Waals surface area contributed by atoms with Gasteiger partial charge in [0.1, 0.15) is 5.69 Å². The normalized spacial score (nSPS) is 15.1. The van der Waals surface area contributed by atoms with Gasteiger partial charge in [0, 0.05) is 23.8 Å². The molecule has 0 aliphatic carbocycles. The molecule has 21 heavy (non-hydrogen) atoms. The second-order valence-corrected chi connectivity index (χ2v) is 5.51. The second-order valence-electron chi connectivity index (χ2n) is 4.65. The summed E-state index contributed by atoms with van der Waals surface area (Å²) in [6.07, 6.45) is 3.49. The molecule has 0 atom stereocenters. The molecule has 1 fully saturated rings. The summed E-state index contributed by atoms with van der Waals surface area (Å²) in [7, 11) is 0. The van der Waals surface area contributed by atoms with Crippen molar-refractivity contribution in [1.29, 1.82) is 0 Å². The summed E-state index contributed by atoms with van der Waals surface area (Å²) in [5.74, 6) is 0.749.